The fourth-order valence-corrected chi connectivity index (χ4v) is 1.79. The van der Waals surface area contributed by atoms with E-state index in [1.807, 2.05) is 0 Å². The number of hydrogen-bond acceptors (Lipinski definition) is 3. The molecule has 18 heavy (non-hydrogen) atoms. The van der Waals surface area contributed by atoms with Gasteiger partial charge in [0, 0.05) is 23.2 Å². The van der Waals surface area contributed by atoms with Gasteiger partial charge in [-0.1, -0.05) is 17.7 Å². The van der Waals surface area contributed by atoms with Crippen LogP contribution in [-0.4, -0.2) is 15.8 Å². The lowest BCUT2D eigenvalue weighted by molar-refractivity contribution is 0.0986. The molecule has 0 fully saturated rings. The quantitative estimate of drug-likeness (QED) is 0.801. The highest BCUT2D eigenvalue weighted by Crippen LogP contribution is 2.20. The van der Waals surface area contributed by atoms with E-state index in [0.717, 1.165) is 0 Å². The number of aromatic nitrogens is 2. The first-order chi connectivity index (χ1) is 8.58. The third-order valence-corrected chi connectivity index (χ3v) is 2.81. The summed E-state index contributed by atoms with van der Waals surface area (Å²) in [7, 11) is 0. The highest BCUT2D eigenvalue weighted by Gasteiger charge is 2.14. The number of benzene rings is 1. The molecule has 0 spiro atoms. The van der Waals surface area contributed by atoms with Gasteiger partial charge in [0.2, 0.25) is 0 Å². The fraction of sp³-hybridized carbons (Fsp3) is 0.154. The van der Waals surface area contributed by atoms with E-state index in [0.29, 0.717) is 5.82 Å². The van der Waals surface area contributed by atoms with Gasteiger partial charge in [-0.25, -0.2) is 14.4 Å². The number of rotatable bonds is 3. The predicted molar refractivity (Wildman–Crippen MR) is 66.2 cm³/mol. The van der Waals surface area contributed by atoms with Crippen LogP contribution in [0.15, 0.2) is 30.5 Å². The van der Waals surface area contributed by atoms with E-state index in [9.17, 15) is 9.18 Å². The number of halogens is 2. The number of ketones is 1. The molecular weight excluding hydrogens is 255 g/mol. The van der Waals surface area contributed by atoms with Crippen LogP contribution >= 0.6 is 11.6 Å². The second-order valence-electron chi connectivity index (χ2n) is 3.79. The fourth-order valence-electron chi connectivity index (χ4n) is 1.56. The molecule has 0 radical (unpaired) electrons. The average molecular weight is 265 g/mol. The average Bonchev–Trinajstić information content (AvgIpc) is 2.34. The largest absolute Gasteiger partial charge is 0.292 e. The molecule has 0 N–H and O–H groups in total. The normalized spacial score (nSPS) is 10.4. The number of carbonyl (C=O) groups excluding carboxylic acids is 1. The van der Waals surface area contributed by atoms with Gasteiger partial charge in [0.1, 0.15) is 17.3 Å². The van der Waals surface area contributed by atoms with Gasteiger partial charge in [0.25, 0.3) is 0 Å². The van der Waals surface area contributed by atoms with Crippen LogP contribution in [0.3, 0.4) is 0 Å². The van der Waals surface area contributed by atoms with E-state index >= 15 is 0 Å². The first kappa shape index (κ1) is 12.6. The van der Waals surface area contributed by atoms with E-state index in [4.69, 9.17) is 11.6 Å². The van der Waals surface area contributed by atoms with Crippen molar-refractivity contribution in [3.05, 3.63) is 58.4 Å². The van der Waals surface area contributed by atoms with Gasteiger partial charge in [-0.2, -0.15) is 0 Å². The molecule has 0 aliphatic carbocycles. The molecule has 1 aromatic heterocycles. The van der Waals surface area contributed by atoms with Gasteiger partial charge in [-0.15, -0.1) is 0 Å². The van der Waals surface area contributed by atoms with E-state index in [1.165, 1.54) is 24.4 Å². The maximum Gasteiger partial charge on any atom is 0.185 e. The zero-order valence-corrected chi connectivity index (χ0v) is 10.4. The van der Waals surface area contributed by atoms with E-state index in [1.54, 1.807) is 13.0 Å². The van der Waals surface area contributed by atoms with Crippen molar-refractivity contribution in [3.8, 4) is 0 Å². The van der Waals surface area contributed by atoms with Gasteiger partial charge in [0.15, 0.2) is 5.78 Å². The van der Waals surface area contributed by atoms with Crippen molar-refractivity contribution in [1.29, 1.82) is 0 Å². The van der Waals surface area contributed by atoms with Gasteiger partial charge in [-0.05, 0) is 25.1 Å². The Labute approximate surface area is 109 Å². The molecule has 0 saturated carbocycles. The molecule has 0 atom stereocenters. The zero-order valence-electron chi connectivity index (χ0n) is 9.65. The van der Waals surface area contributed by atoms with Crippen molar-refractivity contribution in [2.75, 3.05) is 0 Å². The first-order valence-corrected chi connectivity index (χ1v) is 5.71. The summed E-state index contributed by atoms with van der Waals surface area (Å²) in [5.74, 6) is -0.269. The number of carbonyl (C=O) groups is 1. The smallest absolute Gasteiger partial charge is 0.185 e. The molecule has 0 aliphatic rings. The Morgan fingerprint density at radius 2 is 2.17 bits per heavy atom. The molecule has 3 nitrogen and oxygen atoms in total. The summed E-state index contributed by atoms with van der Waals surface area (Å²) < 4.78 is 13.5. The molecule has 0 amide bonds. The molecule has 5 heteroatoms. The highest BCUT2D eigenvalue weighted by molar-refractivity contribution is 6.31. The Kier molecular flexibility index (Phi) is 3.67. The van der Waals surface area contributed by atoms with Gasteiger partial charge >= 0.3 is 0 Å². The highest BCUT2D eigenvalue weighted by atomic mass is 35.5. The second-order valence-corrected chi connectivity index (χ2v) is 4.20. The lowest BCUT2D eigenvalue weighted by Crippen LogP contribution is -2.09. The summed E-state index contributed by atoms with van der Waals surface area (Å²) in [6.45, 7) is 1.69. The predicted octanol–water partition coefficient (Wildman–Crippen LogP) is 3.00. The molecule has 92 valence electrons. The van der Waals surface area contributed by atoms with Gasteiger partial charge in [-0.3, -0.25) is 4.79 Å². The van der Waals surface area contributed by atoms with Crippen molar-refractivity contribution in [1.82, 2.24) is 9.97 Å². The Morgan fingerprint density at radius 3 is 2.83 bits per heavy atom. The van der Waals surface area contributed by atoms with Crippen molar-refractivity contribution in [2.45, 2.75) is 13.3 Å². The summed E-state index contributed by atoms with van der Waals surface area (Å²) in [6.07, 6.45) is 1.39. The van der Waals surface area contributed by atoms with Gasteiger partial charge < -0.3 is 0 Å². The van der Waals surface area contributed by atoms with Crippen molar-refractivity contribution in [2.24, 2.45) is 0 Å². The van der Waals surface area contributed by atoms with Crippen LogP contribution in [0.5, 0.6) is 0 Å². The lowest BCUT2D eigenvalue weighted by Gasteiger charge is -2.05. The minimum absolute atomic E-state index is 0.109. The number of hydrogen-bond donors (Lipinski definition) is 0. The Balaban J connectivity index is 2.27. The minimum atomic E-state index is -0.485. The maximum absolute atomic E-state index is 13.5. The summed E-state index contributed by atoms with van der Waals surface area (Å²) in [6, 6.07) is 5.84. The Bertz CT molecular complexity index is 581. The third-order valence-electron chi connectivity index (χ3n) is 2.46. The summed E-state index contributed by atoms with van der Waals surface area (Å²) in [4.78, 5) is 19.9. The molecule has 1 heterocycles. The Morgan fingerprint density at radius 1 is 1.39 bits per heavy atom. The number of nitrogens with zero attached hydrogens (tertiary/aromatic N) is 2. The zero-order chi connectivity index (χ0) is 13.1. The standard InChI is InChI=1S/C13H10ClFN2O/c1-8-16-6-5-12(17-8)13(18)7-9-10(14)3-2-4-11(9)15/h2-6H,7H2,1H3. The second kappa shape index (κ2) is 5.23. The molecule has 0 aliphatic heterocycles. The van der Waals surface area contributed by atoms with E-state index in [-0.39, 0.29) is 28.5 Å². The lowest BCUT2D eigenvalue weighted by atomic mass is 10.1. The molecule has 2 rings (SSSR count). The summed E-state index contributed by atoms with van der Waals surface area (Å²) in [5, 5.41) is 0.245. The Hall–Kier alpha value is -1.81. The summed E-state index contributed by atoms with van der Waals surface area (Å²) >= 11 is 5.87. The monoisotopic (exact) mass is 264 g/mol. The third kappa shape index (κ3) is 2.71. The van der Waals surface area contributed by atoms with Crippen LogP contribution in [0.2, 0.25) is 5.02 Å². The van der Waals surface area contributed by atoms with Crippen LogP contribution in [-0.2, 0) is 6.42 Å². The topological polar surface area (TPSA) is 42.9 Å². The minimum Gasteiger partial charge on any atom is -0.292 e. The number of Topliss-reactive ketones (excluding diaryl/α,β-unsaturated/α-hetero) is 1. The van der Waals surface area contributed by atoms with Gasteiger partial charge in [0.05, 0.1) is 0 Å². The molecule has 0 unspecified atom stereocenters. The van der Waals surface area contributed by atoms with Crippen LogP contribution in [0.4, 0.5) is 4.39 Å². The van der Waals surface area contributed by atoms with Crippen LogP contribution in [0.25, 0.3) is 0 Å². The van der Waals surface area contributed by atoms with Crippen LogP contribution in [0, 0.1) is 12.7 Å². The van der Waals surface area contributed by atoms with E-state index in [2.05, 4.69) is 9.97 Å². The molecule has 2 aromatic rings. The summed E-state index contributed by atoms with van der Waals surface area (Å²) in [5.41, 5.74) is 0.460. The molecule has 0 saturated heterocycles. The van der Waals surface area contributed by atoms with Crippen molar-refractivity contribution >= 4 is 17.4 Å². The van der Waals surface area contributed by atoms with Crippen molar-refractivity contribution in [3.63, 3.8) is 0 Å². The number of aryl methyl sites for hydroxylation is 1. The molecular formula is C13H10ClFN2O. The SMILES string of the molecule is Cc1nccc(C(=O)Cc2c(F)cccc2Cl)n1. The van der Waals surface area contributed by atoms with Crippen LogP contribution < -0.4 is 0 Å². The van der Waals surface area contributed by atoms with E-state index < -0.39 is 5.82 Å². The van der Waals surface area contributed by atoms with Crippen molar-refractivity contribution < 1.29 is 9.18 Å². The molecule has 1 aromatic carbocycles. The first-order valence-electron chi connectivity index (χ1n) is 5.33. The maximum atomic E-state index is 13.5. The molecule has 0 bridgehead atoms. The van der Waals surface area contributed by atoms with Crippen LogP contribution in [0.1, 0.15) is 21.9 Å².